The molecule has 282 valence electrons. The van der Waals surface area contributed by atoms with Gasteiger partial charge in [0, 0.05) is 59.5 Å². The molecule has 2 aromatic carbocycles. The topological polar surface area (TPSA) is 122 Å². The van der Waals surface area contributed by atoms with Crippen LogP contribution in [0, 0.1) is 11.3 Å². The predicted octanol–water partition coefficient (Wildman–Crippen LogP) is 9.13. The predicted molar refractivity (Wildman–Crippen MR) is 216 cm³/mol. The van der Waals surface area contributed by atoms with E-state index in [0.717, 1.165) is 58.7 Å². The molecule has 1 aromatic heterocycles. The molecule has 1 unspecified atom stereocenters. The van der Waals surface area contributed by atoms with Crippen LogP contribution in [0.4, 0.5) is 4.79 Å². The Hall–Kier alpha value is -2.86. The number of carbonyl (C=O) groups excluding carboxylic acids is 1. The molecule has 1 aliphatic carbocycles. The maximum Gasteiger partial charge on any atom is 0.407 e. The van der Waals surface area contributed by atoms with Gasteiger partial charge in [0.25, 0.3) is 0 Å². The number of fused-ring (bicyclic) bond motifs is 5. The number of aliphatic hydroxyl groups excluding tert-OH is 2. The van der Waals surface area contributed by atoms with E-state index in [9.17, 15) is 9.90 Å². The maximum absolute atomic E-state index is 12.7. The number of ether oxygens (including phenoxy) is 1. The molecule has 3 aromatic rings. The minimum absolute atomic E-state index is 0.0314. The second-order valence-electron chi connectivity index (χ2n) is 15.8. The van der Waals surface area contributed by atoms with Crippen molar-refractivity contribution in [3.63, 3.8) is 0 Å². The highest BCUT2D eigenvalue weighted by Gasteiger charge is 2.33. The number of hydrogen-bond donors (Lipinski definition) is 3. The van der Waals surface area contributed by atoms with E-state index in [2.05, 4.69) is 75.2 Å². The fraction of sp³-hybridized carbons (Fsp3) is 0.600. The number of rotatable bonds is 14. The molecule has 1 atom stereocenters. The molecule has 1 amide bonds. The average Bonchev–Trinajstić information content (AvgIpc) is 3.51. The summed E-state index contributed by atoms with van der Waals surface area (Å²) in [5, 5.41) is 30.9. The van der Waals surface area contributed by atoms with Gasteiger partial charge in [-0.15, -0.1) is 5.10 Å². The highest BCUT2D eigenvalue weighted by atomic mass is 33.1. The van der Waals surface area contributed by atoms with Gasteiger partial charge in [0.2, 0.25) is 0 Å². The lowest BCUT2D eigenvalue weighted by Gasteiger charge is -2.29. The largest absolute Gasteiger partial charge is 0.441 e. The molecule has 0 radical (unpaired) electrons. The van der Waals surface area contributed by atoms with E-state index in [-0.39, 0.29) is 23.4 Å². The highest BCUT2D eigenvalue weighted by molar-refractivity contribution is 8.77. The molecule has 3 N–H and O–H groups in total. The molecule has 11 heteroatoms. The second-order valence-corrected chi connectivity index (χ2v) is 18.9. The van der Waals surface area contributed by atoms with Crippen molar-refractivity contribution in [3.8, 4) is 22.5 Å². The van der Waals surface area contributed by atoms with Gasteiger partial charge in [-0.25, -0.2) is 9.48 Å². The van der Waals surface area contributed by atoms with Gasteiger partial charge in [-0.2, -0.15) is 0 Å². The first kappa shape index (κ1) is 42.6. The number of aromatic nitrogens is 3. The van der Waals surface area contributed by atoms with Gasteiger partial charge in [-0.05, 0) is 70.3 Å². The second kappa shape index (κ2) is 19.3. The first-order valence-corrected chi connectivity index (χ1v) is 20.4. The third-order valence-electron chi connectivity index (χ3n) is 8.89. The van der Waals surface area contributed by atoms with E-state index in [0.29, 0.717) is 25.3 Å². The zero-order chi connectivity index (χ0) is 37.8. The van der Waals surface area contributed by atoms with Crippen LogP contribution in [-0.2, 0) is 16.7 Å². The van der Waals surface area contributed by atoms with Crippen molar-refractivity contribution in [1.29, 1.82) is 0 Å². The van der Waals surface area contributed by atoms with Crippen LogP contribution < -0.4 is 5.32 Å². The summed E-state index contributed by atoms with van der Waals surface area (Å²) in [4.78, 5) is 17.1. The number of carbonyl (C=O) groups is 1. The zero-order valence-corrected chi connectivity index (χ0v) is 34.1. The molecule has 51 heavy (non-hydrogen) atoms. The molecule has 9 nitrogen and oxygen atoms in total. The van der Waals surface area contributed by atoms with Crippen molar-refractivity contribution in [2.75, 3.05) is 32.6 Å². The van der Waals surface area contributed by atoms with Crippen LogP contribution in [0.1, 0.15) is 105 Å². The molecule has 1 aliphatic rings. The van der Waals surface area contributed by atoms with E-state index < -0.39 is 17.7 Å². The van der Waals surface area contributed by atoms with E-state index in [1.807, 2.05) is 78.8 Å². The van der Waals surface area contributed by atoms with Crippen LogP contribution in [0.5, 0.6) is 0 Å². The van der Waals surface area contributed by atoms with Gasteiger partial charge in [0.15, 0.2) is 0 Å². The van der Waals surface area contributed by atoms with E-state index in [4.69, 9.17) is 9.84 Å². The monoisotopic (exact) mass is 739 g/mol. The van der Waals surface area contributed by atoms with Crippen molar-refractivity contribution >= 4 is 33.4 Å². The smallest absolute Gasteiger partial charge is 0.407 e. The molecule has 1 heterocycles. The molecular formula is C40H61N5O4S2. The summed E-state index contributed by atoms with van der Waals surface area (Å²) in [5.41, 5.74) is 6.58. The Labute approximate surface area is 314 Å². The van der Waals surface area contributed by atoms with Crippen molar-refractivity contribution in [2.45, 2.75) is 111 Å². The summed E-state index contributed by atoms with van der Waals surface area (Å²) in [6.07, 6.45) is 3.32. The van der Waals surface area contributed by atoms with E-state index in [1.54, 1.807) is 10.8 Å². The van der Waals surface area contributed by atoms with Gasteiger partial charge in [-0.1, -0.05) is 110 Å². The SMILES string of the molecule is CC(C)CCNC(=O)OC1Cc2ccccc2-c2nnn(C(C)(C)CCO)c2-c2ccccc21.CN=C(CCCSSC(C)(C)CO)C(C)(C)C. The lowest BCUT2D eigenvalue weighted by atomic mass is 9.87. The third-order valence-corrected chi connectivity index (χ3v) is 12.3. The molecule has 4 rings (SSSR count). The lowest BCUT2D eigenvalue weighted by molar-refractivity contribution is 0.0974. The molecule has 0 aliphatic heterocycles. The Kier molecular flexibility index (Phi) is 16.1. The number of alkyl carbamates (subject to hydrolysis) is 1. The number of nitrogens with zero attached hydrogens (tertiary/aromatic N) is 4. The van der Waals surface area contributed by atoms with Crippen molar-refractivity contribution in [1.82, 2.24) is 20.3 Å². The first-order chi connectivity index (χ1) is 24.0. The third kappa shape index (κ3) is 12.4. The van der Waals surface area contributed by atoms with Crippen LogP contribution >= 0.6 is 21.6 Å². The molecule has 0 fully saturated rings. The van der Waals surface area contributed by atoms with Gasteiger partial charge >= 0.3 is 6.09 Å². The molecular weight excluding hydrogens is 679 g/mol. The zero-order valence-electron chi connectivity index (χ0n) is 32.5. The van der Waals surface area contributed by atoms with Crippen LogP contribution in [0.3, 0.4) is 0 Å². The number of amides is 1. The minimum Gasteiger partial charge on any atom is -0.441 e. The molecule has 0 bridgehead atoms. The van der Waals surface area contributed by atoms with Crippen molar-refractivity contribution in [3.05, 3.63) is 59.7 Å². The van der Waals surface area contributed by atoms with Gasteiger partial charge in [-0.3, -0.25) is 4.99 Å². The van der Waals surface area contributed by atoms with Crippen LogP contribution in [-0.4, -0.2) is 74.3 Å². The van der Waals surface area contributed by atoms with Gasteiger partial charge in [0.05, 0.1) is 17.8 Å². The number of benzene rings is 2. The number of aliphatic hydroxyl groups is 2. The fourth-order valence-corrected chi connectivity index (χ4v) is 8.26. The summed E-state index contributed by atoms with van der Waals surface area (Å²) >= 11 is 0. The summed E-state index contributed by atoms with van der Waals surface area (Å²) in [6, 6.07) is 16.1. The highest BCUT2D eigenvalue weighted by Crippen LogP contribution is 2.43. The van der Waals surface area contributed by atoms with Crippen LogP contribution in [0.2, 0.25) is 0 Å². The number of hydrogen-bond acceptors (Lipinski definition) is 9. The molecule has 0 saturated heterocycles. The lowest BCUT2D eigenvalue weighted by Crippen LogP contribution is -2.30. The molecule has 0 saturated carbocycles. The Morgan fingerprint density at radius 1 is 1.04 bits per heavy atom. The van der Waals surface area contributed by atoms with Crippen LogP contribution in [0.15, 0.2) is 53.5 Å². The molecule has 0 spiro atoms. The number of nitrogens with one attached hydrogen (secondary N) is 1. The number of aliphatic imine (C=N–C) groups is 1. The Balaban J connectivity index is 0.000000351. The van der Waals surface area contributed by atoms with Crippen LogP contribution in [0.25, 0.3) is 22.5 Å². The van der Waals surface area contributed by atoms with Crippen molar-refractivity contribution in [2.24, 2.45) is 16.3 Å². The first-order valence-electron chi connectivity index (χ1n) is 18.1. The Morgan fingerprint density at radius 3 is 2.33 bits per heavy atom. The standard InChI is InChI=1S/C27H34N4O3.C13H27NOS2/c1-18(2)13-15-28-26(33)34-23-17-19-9-5-6-10-20(19)24-25(22-12-8-7-11-21(22)23)31(30-29-24)27(3,4)14-16-32;1-12(2,3)11(14-6)8-7-9-16-17-13(4,5)10-15/h5-12,18,23,32H,13-17H2,1-4H3,(H,28,33);15H,7-10H2,1-6H3. The average molecular weight is 740 g/mol. The Bertz CT molecular complexity index is 1580. The van der Waals surface area contributed by atoms with Crippen molar-refractivity contribution < 1.29 is 19.7 Å². The van der Waals surface area contributed by atoms with E-state index in [1.165, 1.54) is 5.71 Å². The quantitative estimate of drug-likeness (QED) is 0.0851. The summed E-state index contributed by atoms with van der Waals surface area (Å²) in [7, 11) is 5.51. The maximum atomic E-state index is 12.7. The normalized spacial score (nSPS) is 14.8. The fourth-order valence-electron chi connectivity index (χ4n) is 5.83. The van der Waals surface area contributed by atoms with Gasteiger partial charge < -0.3 is 20.3 Å². The van der Waals surface area contributed by atoms with E-state index >= 15 is 0 Å². The Morgan fingerprint density at radius 2 is 1.71 bits per heavy atom. The summed E-state index contributed by atoms with van der Waals surface area (Å²) in [5.74, 6) is 1.62. The van der Waals surface area contributed by atoms with Gasteiger partial charge in [0.1, 0.15) is 11.8 Å². The summed E-state index contributed by atoms with van der Waals surface area (Å²) < 4.78 is 7.89. The summed E-state index contributed by atoms with van der Waals surface area (Å²) in [6.45, 7) is 20.0. The minimum atomic E-state index is -0.464.